The number of piperazine rings is 1. The molecule has 0 saturated carbocycles. The van der Waals surface area contributed by atoms with E-state index in [-0.39, 0.29) is 11.7 Å². The highest BCUT2D eigenvalue weighted by atomic mass is 79.9. The van der Waals surface area contributed by atoms with E-state index in [2.05, 4.69) is 31.2 Å². The van der Waals surface area contributed by atoms with Crippen molar-refractivity contribution in [1.29, 1.82) is 0 Å². The Bertz CT molecular complexity index is 1000. The molecular formula is C22H22BrN5O3. The van der Waals surface area contributed by atoms with Crippen LogP contribution in [0.1, 0.15) is 16.1 Å². The minimum Gasteiger partial charge on any atom is -0.459 e. The lowest BCUT2D eigenvalue weighted by atomic mass is 10.0. The molecule has 1 fully saturated rings. The quantitative estimate of drug-likeness (QED) is 0.579. The Labute approximate surface area is 188 Å². The molecule has 8 nitrogen and oxygen atoms in total. The molecule has 1 unspecified atom stereocenters. The Morgan fingerprint density at radius 2 is 1.74 bits per heavy atom. The maximum atomic E-state index is 13.3. The van der Waals surface area contributed by atoms with Gasteiger partial charge in [-0.15, -0.1) is 0 Å². The van der Waals surface area contributed by atoms with E-state index in [1.165, 1.54) is 6.26 Å². The molecular weight excluding hydrogens is 462 g/mol. The lowest BCUT2D eigenvalue weighted by Crippen LogP contribution is -2.55. The van der Waals surface area contributed by atoms with Crippen molar-refractivity contribution in [3.63, 3.8) is 0 Å². The first-order chi connectivity index (χ1) is 15.1. The van der Waals surface area contributed by atoms with E-state index in [0.29, 0.717) is 38.5 Å². The van der Waals surface area contributed by atoms with Gasteiger partial charge in [0.05, 0.1) is 10.7 Å². The van der Waals surface area contributed by atoms with Crippen molar-refractivity contribution in [2.45, 2.75) is 12.5 Å². The topological polar surface area (TPSA) is 91.6 Å². The zero-order valence-electron chi connectivity index (χ0n) is 16.8. The summed E-state index contributed by atoms with van der Waals surface area (Å²) in [4.78, 5) is 38.4. The van der Waals surface area contributed by atoms with Crippen molar-refractivity contribution < 1.29 is 14.0 Å². The smallest absolute Gasteiger partial charge is 0.287 e. The second kappa shape index (κ2) is 9.74. The lowest BCUT2D eigenvalue weighted by molar-refractivity contribution is -0.133. The van der Waals surface area contributed by atoms with Crippen LogP contribution < -0.4 is 10.2 Å². The van der Waals surface area contributed by atoms with E-state index in [1.807, 2.05) is 35.2 Å². The number of amides is 2. The molecule has 0 aliphatic carbocycles. The average Bonchev–Trinajstić information content (AvgIpc) is 3.35. The Hall–Kier alpha value is -3.20. The van der Waals surface area contributed by atoms with E-state index >= 15 is 0 Å². The van der Waals surface area contributed by atoms with E-state index in [0.717, 1.165) is 10.0 Å². The monoisotopic (exact) mass is 483 g/mol. The summed E-state index contributed by atoms with van der Waals surface area (Å²) in [5.74, 6) is 0.312. The van der Waals surface area contributed by atoms with Gasteiger partial charge in [0.2, 0.25) is 11.9 Å². The van der Waals surface area contributed by atoms with Crippen LogP contribution >= 0.6 is 15.9 Å². The van der Waals surface area contributed by atoms with Gasteiger partial charge in [0, 0.05) is 45.0 Å². The van der Waals surface area contributed by atoms with Crippen LogP contribution in [0.2, 0.25) is 0 Å². The number of carbonyl (C=O) groups is 2. The van der Waals surface area contributed by atoms with Crippen LogP contribution in [0, 0.1) is 0 Å². The molecule has 1 atom stereocenters. The number of halogens is 1. The third kappa shape index (κ3) is 5.29. The zero-order chi connectivity index (χ0) is 21.6. The predicted molar refractivity (Wildman–Crippen MR) is 119 cm³/mol. The normalized spacial score (nSPS) is 14.9. The number of nitrogens with zero attached hydrogens (tertiary/aromatic N) is 4. The molecule has 0 bridgehead atoms. The maximum absolute atomic E-state index is 13.3. The molecule has 160 valence electrons. The Morgan fingerprint density at radius 3 is 2.39 bits per heavy atom. The number of anilines is 1. The van der Waals surface area contributed by atoms with E-state index in [4.69, 9.17) is 4.42 Å². The SMILES string of the molecule is O=C(NC(Cc1ccccc1)C(=O)N1CCN(c2ncc(Br)cn2)CC1)c1ccco1. The van der Waals surface area contributed by atoms with Gasteiger partial charge >= 0.3 is 0 Å². The number of nitrogens with one attached hydrogen (secondary N) is 1. The number of rotatable bonds is 6. The van der Waals surface area contributed by atoms with Crippen LogP contribution in [0.15, 0.2) is 70.0 Å². The number of furan rings is 1. The van der Waals surface area contributed by atoms with E-state index in [1.54, 1.807) is 29.4 Å². The largest absolute Gasteiger partial charge is 0.459 e. The second-order valence-corrected chi connectivity index (χ2v) is 8.12. The third-order valence-corrected chi connectivity index (χ3v) is 5.52. The van der Waals surface area contributed by atoms with Gasteiger partial charge in [0.1, 0.15) is 6.04 Å². The van der Waals surface area contributed by atoms with Crippen LogP contribution in [-0.2, 0) is 11.2 Å². The first kappa shape index (κ1) is 21.0. The van der Waals surface area contributed by atoms with Crippen LogP contribution in [0.4, 0.5) is 5.95 Å². The third-order valence-electron chi connectivity index (χ3n) is 5.11. The lowest BCUT2D eigenvalue weighted by Gasteiger charge is -2.36. The van der Waals surface area contributed by atoms with Gasteiger partial charge in [0.15, 0.2) is 5.76 Å². The fourth-order valence-electron chi connectivity index (χ4n) is 3.50. The van der Waals surface area contributed by atoms with Crippen LogP contribution in [0.3, 0.4) is 0 Å². The molecule has 0 spiro atoms. The van der Waals surface area contributed by atoms with Crippen molar-refractivity contribution in [1.82, 2.24) is 20.2 Å². The van der Waals surface area contributed by atoms with Gasteiger partial charge in [-0.05, 0) is 33.6 Å². The first-order valence-electron chi connectivity index (χ1n) is 10.00. The summed E-state index contributed by atoms with van der Waals surface area (Å²) in [5.41, 5.74) is 0.975. The molecule has 1 saturated heterocycles. The minimum atomic E-state index is -0.685. The molecule has 1 aliphatic rings. The van der Waals surface area contributed by atoms with E-state index in [9.17, 15) is 9.59 Å². The van der Waals surface area contributed by atoms with Gasteiger partial charge in [-0.2, -0.15) is 0 Å². The molecule has 31 heavy (non-hydrogen) atoms. The zero-order valence-corrected chi connectivity index (χ0v) is 18.4. The predicted octanol–water partition coefficient (Wildman–Crippen LogP) is 2.52. The Kier molecular flexibility index (Phi) is 6.61. The molecule has 0 radical (unpaired) electrons. The van der Waals surface area contributed by atoms with E-state index < -0.39 is 11.9 Å². The maximum Gasteiger partial charge on any atom is 0.287 e. The summed E-state index contributed by atoms with van der Waals surface area (Å²) < 4.78 is 6.00. The van der Waals surface area contributed by atoms with Gasteiger partial charge in [-0.3, -0.25) is 9.59 Å². The summed E-state index contributed by atoms with van der Waals surface area (Å²) in [6.45, 7) is 2.30. The van der Waals surface area contributed by atoms with Crippen molar-refractivity contribution in [3.8, 4) is 0 Å². The van der Waals surface area contributed by atoms with Gasteiger partial charge < -0.3 is 19.5 Å². The standard InChI is InChI=1S/C22H22BrN5O3/c23-17-14-24-22(25-15-17)28-10-8-27(9-11-28)21(30)18(13-16-5-2-1-3-6-16)26-20(29)19-7-4-12-31-19/h1-7,12,14-15,18H,8-11,13H2,(H,26,29). The molecule has 1 N–H and O–H groups in total. The fraction of sp³-hybridized carbons (Fsp3) is 0.273. The fourth-order valence-corrected chi connectivity index (χ4v) is 3.71. The highest BCUT2D eigenvalue weighted by Gasteiger charge is 2.30. The molecule has 1 aromatic carbocycles. The summed E-state index contributed by atoms with van der Waals surface area (Å²) in [6, 6.07) is 12.2. The van der Waals surface area contributed by atoms with Crippen LogP contribution in [0.5, 0.6) is 0 Å². The molecule has 1 aliphatic heterocycles. The molecule has 3 heterocycles. The van der Waals surface area contributed by atoms with Crippen LogP contribution in [0.25, 0.3) is 0 Å². The number of hydrogen-bond acceptors (Lipinski definition) is 6. The number of hydrogen-bond donors (Lipinski definition) is 1. The first-order valence-corrected chi connectivity index (χ1v) is 10.8. The van der Waals surface area contributed by atoms with Crippen LogP contribution in [-0.4, -0.2) is 58.9 Å². The van der Waals surface area contributed by atoms with Crippen molar-refractivity contribution in [2.75, 3.05) is 31.1 Å². The Balaban J connectivity index is 1.43. The summed E-state index contributed by atoms with van der Waals surface area (Å²) in [5, 5.41) is 2.85. The van der Waals surface area contributed by atoms with Crippen molar-refractivity contribution in [3.05, 3.63) is 76.9 Å². The number of carbonyl (C=O) groups excluding carboxylic acids is 2. The molecule has 3 aromatic rings. The highest BCUT2D eigenvalue weighted by Crippen LogP contribution is 2.15. The van der Waals surface area contributed by atoms with Gasteiger partial charge in [0.25, 0.3) is 5.91 Å². The number of benzene rings is 1. The summed E-state index contributed by atoms with van der Waals surface area (Å²) in [7, 11) is 0. The second-order valence-electron chi connectivity index (χ2n) is 7.21. The molecule has 2 aromatic heterocycles. The minimum absolute atomic E-state index is 0.111. The summed E-state index contributed by atoms with van der Waals surface area (Å²) >= 11 is 3.34. The number of aromatic nitrogens is 2. The molecule has 2 amide bonds. The van der Waals surface area contributed by atoms with Crippen molar-refractivity contribution in [2.24, 2.45) is 0 Å². The highest BCUT2D eigenvalue weighted by molar-refractivity contribution is 9.10. The Morgan fingerprint density at radius 1 is 1.03 bits per heavy atom. The summed E-state index contributed by atoms with van der Waals surface area (Å²) in [6.07, 6.45) is 5.26. The molecule has 4 rings (SSSR count). The van der Waals surface area contributed by atoms with Gasteiger partial charge in [-0.25, -0.2) is 9.97 Å². The average molecular weight is 484 g/mol. The molecule has 9 heteroatoms. The van der Waals surface area contributed by atoms with Gasteiger partial charge in [-0.1, -0.05) is 30.3 Å². The van der Waals surface area contributed by atoms with Crippen molar-refractivity contribution >= 4 is 33.7 Å².